The van der Waals surface area contributed by atoms with Crippen LogP contribution in [0.4, 0.5) is 0 Å². The van der Waals surface area contributed by atoms with Gasteiger partial charge in [-0.05, 0) is 56.3 Å². The highest BCUT2D eigenvalue weighted by Crippen LogP contribution is 2.29. The van der Waals surface area contributed by atoms with Crippen molar-refractivity contribution in [3.63, 3.8) is 0 Å². The van der Waals surface area contributed by atoms with Gasteiger partial charge in [0.15, 0.2) is 5.76 Å². The third-order valence-corrected chi connectivity index (χ3v) is 5.19. The number of rotatable bonds is 3. The summed E-state index contributed by atoms with van der Waals surface area (Å²) in [6.45, 7) is 3.93. The molecule has 148 valence electrons. The first-order valence-corrected chi connectivity index (χ1v) is 9.79. The summed E-state index contributed by atoms with van der Waals surface area (Å²) in [5.74, 6) is 0.765. The van der Waals surface area contributed by atoms with Crippen molar-refractivity contribution in [1.29, 1.82) is 0 Å². The van der Waals surface area contributed by atoms with E-state index in [0.29, 0.717) is 33.1 Å². The number of fused-ring (bicyclic) bond motifs is 2. The molecule has 3 aromatic heterocycles. The predicted octanol–water partition coefficient (Wildman–Crippen LogP) is 5.29. The summed E-state index contributed by atoms with van der Waals surface area (Å²) in [6.07, 6.45) is 1.65. The van der Waals surface area contributed by atoms with Gasteiger partial charge in [0.2, 0.25) is 5.82 Å². The van der Waals surface area contributed by atoms with Crippen molar-refractivity contribution in [1.82, 2.24) is 14.6 Å². The molecule has 0 amide bonds. The van der Waals surface area contributed by atoms with Crippen LogP contribution in [-0.4, -0.2) is 20.9 Å². The van der Waals surface area contributed by atoms with Gasteiger partial charge in [0, 0.05) is 27.4 Å². The molecular formula is C23H17ClN4O2. The van der Waals surface area contributed by atoms with Crippen molar-refractivity contribution < 1.29 is 4.42 Å². The van der Waals surface area contributed by atoms with Gasteiger partial charge in [-0.3, -0.25) is 4.79 Å². The Labute approximate surface area is 176 Å². The lowest BCUT2D eigenvalue weighted by molar-refractivity contribution is 0.616. The number of aryl methyl sites for hydroxylation is 2. The van der Waals surface area contributed by atoms with Gasteiger partial charge in [-0.2, -0.15) is 9.78 Å². The second-order valence-electron chi connectivity index (χ2n) is 7.14. The van der Waals surface area contributed by atoms with Crippen LogP contribution in [0.3, 0.4) is 0 Å². The minimum atomic E-state index is -0.268. The molecule has 6 nitrogen and oxygen atoms in total. The third-order valence-electron chi connectivity index (χ3n) is 4.95. The Bertz CT molecular complexity index is 1510. The van der Waals surface area contributed by atoms with E-state index in [1.165, 1.54) is 4.68 Å². The molecule has 0 saturated heterocycles. The number of aromatic nitrogens is 3. The van der Waals surface area contributed by atoms with E-state index in [2.05, 4.69) is 15.1 Å². The monoisotopic (exact) mass is 416 g/mol. The highest BCUT2D eigenvalue weighted by molar-refractivity contribution is 6.31. The second-order valence-corrected chi connectivity index (χ2v) is 7.58. The molecule has 1 N–H and O–H groups in total. The van der Waals surface area contributed by atoms with E-state index in [9.17, 15) is 4.79 Å². The first-order valence-electron chi connectivity index (χ1n) is 9.41. The fraction of sp³-hybridized carbons (Fsp3) is 0.0870. The summed E-state index contributed by atoms with van der Waals surface area (Å²) in [6, 6.07) is 16.3. The minimum Gasteiger partial charge on any atom is -0.453 e. The first-order chi connectivity index (χ1) is 14.5. The second kappa shape index (κ2) is 7.00. The molecule has 7 heteroatoms. The zero-order chi connectivity index (χ0) is 20.8. The van der Waals surface area contributed by atoms with Crippen molar-refractivity contribution in [2.45, 2.75) is 13.8 Å². The smallest absolute Gasteiger partial charge is 0.282 e. The van der Waals surface area contributed by atoms with Crippen LogP contribution in [-0.2, 0) is 0 Å². The topological polar surface area (TPSA) is 76.2 Å². The van der Waals surface area contributed by atoms with Crippen molar-refractivity contribution in [3.8, 4) is 11.6 Å². The summed E-state index contributed by atoms with van der Waals surface area (Å²) in [5.41, 5.74) is 3.86. The summed E-state index contributed by atoms with van der Waals surface area (Å²) < 4.78 is 7.25. The number of hydrogen-bond donors (Lipinski definition) is 1. The summed E-state index contributed by atoms with van der Waals surface area (Å²) >= 11 is 6.10. The highest BCUT2D eigenvalue weighted by atomic mass is 35.5. The summed E-state index contributed by atoms with van der Waals surface area (Å²) in [4.78, 5) is 21.2. The molecule has 0 aliphatic heterocycles. The Morgan fingerprint density at radius 1 is 1.13 bits per heavy atom. The van der Waals surface area contributed by atoms with Gasteiger partial charge in [-0.25, -0.2) is 4.98 Å². The van der Waals surface area contributed by atoms with Crippen molar-refractivity contribution >= 4 is 39.7 Å². The Morgan fingerprint density at radius 3 is 2.77 bits per heavy atom. The molecule has 30 heavy (non-hydrogen) atoms. The highest BCUT2D eigenvalue weighted by Gasteiger charge is 2.16. The molecule has 0 atom stereocenters. The van der Waals surface area contributed by atoms with Gasteiger partial charge in [0.25, 0.3) is 5.56 Å². The average Bonchev–Trinajstić information content (AvgIpc) is 3.28. The fourth-order valence-electron chi connectivity index (χ4n) is 3.51. The summed E-state index contributed by atoms with van der Waals surface area (Å²) in [5, 5.41) is 6.39. The van der Waals surface area contributed by atoms with E-state index < -0.39 is 0 Å². The molecule has 0 saturated carbocycles. The van der Waals surface area contributed by atoms with Gasteiger partial charge in [0.1, 0.15) is 5.58 Å². The molecule has 2 aromatic carbocycles. The number of aromatic amines is 1. The van der Waals surface area contributed by atoms with E-state index in [-0.39, 0.29) is 5.56 Å². The lowest BCUT2D eigenvalue weighted by Crippen LogP contribution is -2.20. The summed E-state index contributed by atoms with van der Waals surface area (Å²) in [7, 11) is 0. The molecule has 0 spiro atoms. The van der Waals surface area contributed by atoms with E-state index in [4.69, 9.17) is 16.0 Å². The number of halogens is 1. The number of hydrogen-bond acceptors (Lipinski definition) is 4. The average molecular weight is 417 g/mol. The Balaban J connectivity index is 1.76. The maximum atomic E-state index is 13.2. The maximum Gasteiger partial charge on any atom is 0.282 e. The lowest BCUT2D eigenvalue weighted by atomic mass is 10.2. The molecule has 5 aromatic rings. The van der Waals surface area contributed by atoms with Gasteiger partial charge >= 0.3 is 0 Å². The van der Waals surface area contributed by atoms with Crippen LogP contribution in [0.1, 0.15) is 17.0 Å². The van der Waals surface area contributed by atoms with Gasteiger partial charge in [-0.1, -0.05) is 23.7 Å². The van der Waals surface area contributed by atoms with Crippen LogP contribution in [0.15, 0.2) is 68.9 Å². The van der Waals surface area contributed by atoms with E-state index in [1.807, 2.05) is 44.2 Å². The Hall–Kier alpha value is -3.64. The molecular weight excluding hydrogens is 400 g/mol. The molecule has 0 aliphatic rings. The van der Waals surface area contributed by atoms with Crippen molar-refractivity contribution in [3.05, 3.63) is 86.9 Å². The van der Waals surface area contributed by atoms with E-state index in [0.717, 1.165) is 22.3 Å². The minimum absolute atomic E-state index is 0.268. The van der Waals surface area contributed by atoms with Crippen LogP contribution >= 0.6 is 11.6 Å². The largest absolute Gasteiger partial charge is 0.453 e. The van der Waals surface area contributed by atoms with Crippen LogP contribution in [0, 0.1) is 13.8 Å². The zero-order valence-electron chi connectivity index (χ0n) is 16.3. The van der Waals surface area contributed by atoms with Crippen molar-refractivity contribution in [2.24, 2.45) is 5.10 Å². The third kappa shape index (κ3) is 3.11. The quantitative estimate of drug-likeness (QED) is 0.406. The molecule has 0 radical (unpaired) electrons. The molecule has 0 bridgehead atoms. The molecule has 0 aliphatic carbocycles. The number of nitrogens with one attached hydrogen (secondary N) is 1. The van der Waals surface area contributed by atoms with E-state index >= 15 is 0 Å². The van der Waals surface area contributed by atoms with Crippen LogP contribution in [0.25, 0.3) is 33.5 Å². The fourth-order valence-corrected chi connectivity index (χ4v) is 3.69. The molecule has 5 rings (SSSR count). The molecule has 0 unspecified atom stereocenters. The Kier molecular flexibility index (Phi) is 4.29. The molecule has 0 fully saturated rings. The normalized spacial score (nSPS) is 11.8. The number of nitrogens with zero attached hydrogens (tertiary/aromatic N) is 3. The van der Waals surface area contributed by atoms with Crippen LogP contribution in [0.5, 0.6) is 0 Å². The number of H-pyrrole nitrogens is 1. The SMILES string of the molecule is Cc1cc(C=Nn2c(-c3cc4cc(Cl)ccc4o3)nc3ccccc3c2=O)c(C)[nH]1. The number of benzene rings is 2. The maximum absolute atomic E-state index is 13.2. The van der Waals surface area contributed by atoms with Gasteiger partial charge < -0.3 is 9.40 Å². The van der Waals surface area contributed by atoms with Crippen molar-refractivity contribution in [2.75, 3.05) is 0 Å². The number of para-hydroxylation sites is 1. The van der Waals surface area contributed by atoms with E-state index in [1.54, 1.807) is 30.5 Å². The molecule has 3 heterocycles. The van der Waals surface area contributed by atoms with Gasteiger partial charge in [0.05, 0.1) is 17.1 Å². The van der Waals surface area contributed by atoms with Crippen LogP contribution in [0.2, 0.25) is 5.02 Å². The zero-order valence-corrected chi connectivity index (χ0v) is 17.1. The van der Waals surface area contributed by atoms with Gasteiger partial charge in [-0.15, -0.1) is 0 Å². The predicted molar refractivity (Wildman–Crippen MR) is 119 cm³/mol. The Morgan fingerprint density at radius 2 is 1.97 bits per heavy atom. The lowest BCUT2D eigenvalue weighted by Gasteiger charge is -2.07. The number of furan rings is 1. The van der Waals surface area contributed by atoms with Crippen LogP contribution < -0.4 is 5.56 Å². The standard InChI is InChI=1S/C23H17ClN4O2/c1-13-9-16(14(2)26-13)12-25-28-22(27-19-6-4-3-5-18(19)23(28)29)21-11-15-10-17(24)7-8-20(15)30-21/h3-12,26H,1-2H3. The first kappa shape index (κ1) is 18.4.